The molecule has 30 heavy (non-hydrogen) atoms. The van der Waals surface area contributed by atoms with Crippen molar-refractivity contribution in [2.24, 2.45) is 10.9 Å². The number of oxime groups is 1. The molecule has 7 heteroatoms. The largest absolute Gasteiger partial charge is 0.489 e. The second-order valence-electron chi connectivity index (χ2n) is 6.42. The zero-order valence-electron chi connectivity index (χ0n) is 16.3. The van der Waals surface area contributed by atoms with E-state index in [0.717, 1.165) is 5.56 Å². The van der Waals surface area contributed by atoms with Gasteiger partial charge in [0.1, 0.15) is 18.2 Å². The maximum atomic E-state index is 13.5. The van der Waals surface area contributed by atoms with Gasteiger partial charge < -0.3 is 20.6 Å². The maximum Gasteiger partial charge on any atom is 0.261 e. The van der Waals surface area contributed by atoms with Crippen LogP contribution in [0.3, 0.4) is 0 Å². The van der Waals surface area contributed by atoms with Gasteiger partial charge in [0.05, 0.1) is 0 Å². The Morgan fingerprint density at radius 3 is 2.40 bits per heavy atom. The van der Waals surface area contributed by atoms with Gasteiger partial charge in [0.25, 0.3) is 5.91 Å². The Morgan fingerprint density at radius 2 is 1.67 bits per heavy atom. The number of amidine groups is 1. The topological polar surface area (TPSA) is 85.9 Å². The van der Waals surface area contributed by atoms with Crippen LogP contribution in [0.15, 0.2) is 84.0 Å². The standard InChI is InChI=1S/C23H22FN3O3/c24-21-9-5-4-8-19(21)14-26-22(28)16-30-27-23(25)18-10-12-20(13-11-18)29-15-17-6-2-1-3-7-17/h1-13H,14-16H2,(H2,25,27)(H,26,28). The number of carbonyl (C=O) groups is 1. The lowest BCUT2D eigenvalue weighted by Crippen LogP contribution is -2.27. The zero-order chi connectivity index (χ0) is 21.2. The van der Waals surface area contributed by atoms with Gasteiger partial charge in [0.2, 0.25) is 0 Å². The van der Waals surface area contributed by atoms with E-state index in [0.29, 0.717) is 23.5 Å². The molecular formula is C23H22FN3O3. The molecular weight excluding hydrogens is 385 g/mol. The molecule has 0 bridgehead atoms. The highest BCUT2D eigenvalue weighted by Gasteiger charge is 2.06. The lowest BCUT2D eigenvalue weighted by molar-refractivity contribution is -0.125. The number of nitrogens with two attached hydrogens (primary N) is 1. The Morgan fingerprint density at radius 1 is 0.967 bits per heavy atom. The zero-order valence-corrected chi connectivity index (χ0v) is 16.3. The highest BCUT2D eigenvalue weighted by Crippen LogP contribution is 2.14. The van der Waals surface area contributed by atoms with E-state index in [-0.39, 0.29) is 24.8 Å². The van der Waals surface area contributed by atoms with E-state index in [1.165, 1.54) is 6.07 Å². The maximum absolute atomic E-state index is 13.5. The molecule has 0 saturated carbocycles. The third-order valence-electron chi connectivity index (χ3n) is 4.19. The molecule has 0 unspecified atom stereocenters. The summed E-state index contributed by atoms with van der Waals surface area (Å²) in [5, 5.41) is 6.31. The summed E-state index contributed by atoms with van der Waals surface area (Å²) < 4.78 is 19.2. The van der Waals surface area contributed by atoms with Crippen LogP contribution >= 0.6 is 0 Å². The fourth-order valence-corrected chi connectivity index (χ4v) is 2.56. The fraction of sp³-hybridized carbons (Fsp3) is 0.130. The summed E-state index contributed by atoms with van der Waals surface area (Å²) in [5.41, 5.74) is 7.98. The molecule has 0 atom stereocenters. The van der Waals surface area contributed by atoms with Crippen molar-refractivity contribution in [3.8, 4) is 5.75 Å². The summed E-state index contributed by atoms with van der Waals surface area (Å²) in [6, 6.07) is 23.1. The lowest BCUT2D eigenvalue weighted by atomic mass is 10.2. The van der Waals surface area contributed by atoms with E-state index in [1.54, 1.807) is 42.5 Å². The number of benzene rings is 3. The number of halogens is 1. The number of hydrogen-bond acceptors (Lipinski definition) is 4. The third kappa shape index (κ3) is 6.34. The van der Waals surface area contributed by atoms with Gasteiger partial charge in [0.15, 0.2) is 12.4 Å². The summed E-state index contributed by atoms with van der Waals surface area (Å²) in [6.07, 6.45) is 0. The molecule has 0 spiro atoms. The Balaban J connectivity index is 1.43. The van der Waals surface area contributed by atoms with Crippen LogP contribution in [0.5, 0.6) is 5.75 Å². The average Bonchev–Trinajstić information content (AvgIpc) is 2.78. The van der Waals surface area contributed by atoms with E-state index < -0.39 is 5.91 Å². The Kier molecular flexibility index (Phi) is 7.38. The highest BCUT2D eigenvalue weighted by molar-refractivity contribution is 5.97. The molecule has 1 amide bonds. The number of nitrogens with one attached hydrogen (secondary N) is 1. The van der Waals surface area contributed by atoms with Gasteiger partial charge in [-0.2, -0.15) is 0 Å². The number of rotatable bonds is 9. The van der Waals surface area contributed by atoms with Crippen LogP contribution in [0, 0.1) is 5.82 Å². The molecule has 0 aliphatic carbocycles. The first-order valence-electron chi connectivity index (χ1n) is 9.34. The smallest absolute Gasteiger partial charge is 0.261 e. The van der Waals surface area contributed by atoms with Gasteiger partial charge in [-0.1, -0.05) is 53.7 Å². The Labute approximate surface area is 174 Å². The number of ether oxygens (including phenoxy) is 1. The Bertz CT molecular complexity index is 992. The van der Waals surface area contributed by atoms with E-state index in [1.807, 2.05) is 30.3 Å². The summed E-state index contributed by atoms with van der Waals surface area (Å²) in [6.45, 7) is 0.209. The normalized spacial score (nSPS) is 11.0. The number of hydrogen-bond donors (Lipinski definition) is 2. The molecule has 6 nitrogen and oxygen atoms in total. The van der Waals surface area contributed by atoms with Crippen molar-refractivity contribution in [2.75, 3.05) is 6.61 Å². The third-order valence-corrected chi connectivity index (χ3v) is 4.19. The van der Waals surface area contributed by atoms with E-state index >= 15 is 0 Å². The van der Waals surface area contributed by atoms with Crippen molar-refractivity contribution in [3.05, 3.63) is 101 Å². The van der Waals surface area contributed by atoms with Gasteiger partial charge in [-0.3, -0.25) is 4.79 Å². The van der Waals surface area contributed by atoms with Gasteiger partial charge in [-0.05, 0) is 35.9 Å². The minimum absolute atomic E-state index is 0.0680. The number of carbonyl (C=O) groups excluding carboxylic acids is 1. The van der Waals surface area contributed by atoms with Crippen LogP contribution in [0.1, 0.15) is 16.7 Å². The van der Waals surface area contributed by atoms with Crippen LogP contribution in [-0.4, -0.2) is 18.3 Å². The first-order chi connectivity index (χ1) is 14.6. The number of nitrogens with zero attached hydrogens (tertiary/aromatic N) is 1. The van der Waals surface area contributed by atoms with Crippen LogP contribution in [0.25, 0.3) is 0 Å². The predicted octanol–water partition coefficient (Wildman–Crippen LogP) is 3.36. The molecule has 3 rings (SSSR count). The van der Waals surface area contributed by atoms with Crippen LogP contribution in [0.4, 0.5) is 4.39 Å². The van der Waals surface area contributed by atoms with Crippen LogP contribution in [-0.2, 0) is 22.8 Å². The van der Waals surface area contributed by atoms with E-state index in [2.05, 4.69) is 10.5 Å². The van der Waals surface area contributed by atoms with Crippen molar-refractivity contribution < 1.29 is 18.8 Å². The van der Waals surface area contributed by atoms with E-state index in [9.17, 15) is 9.18 Å². The van der Waals surface area contributed by atoms with Crippen molar-refractivity contribution >= 4 is 11.7 Å². The Hall–Kier alpha value is -3.87. The monoisotopic (exact) mass is 407 g/mol. The molecule has 0 aromatic heterocycles. The summed E-state index contributed by atoms with van der Waals surface area (Å²) in [5.74, 6) is 0.0204. The molecule has 0 aliphatic heterocycles. The molecule has 0 aliphatic rings. The highest BCUT2D eigenvalue weighted by atomic mass is 19.1. The molecule has 3 aromatic rings. The summed E-state index contributed by atoms with van der Waals surface area (Å²) in [4.78, 5) is 16.8. The summed E-state index contributed by atoms with van der Waals surface area (Å²) >= 11 is 0. The van der Waals surface area contributed by atoms with Crippen LogP contribution in [0.2, 0.25) is 0 Å². The quantitative estimate of drug-likeness (QED) is 0.324. The first-order valence-corrected chi connectivity index (χ1v) is 9.34. The van der Waals surface area contributed by atoms with Gasteiger partial charge in [0, 0.05) is 17.7 Å². The molecule has 0 saturated heterocycles. The molecule has 0 heterocycles. The van der Waals surface area contributed by atoms with Crippen molar-refractivity contribution in [2.45, 2.75) is 13.2 Å². The molecule has 0 fully saturated rings. The molecule has 0 radical (unpaired) electrons. The van der Waals surface area contributed by atoms with Crippen molar-refractivity contribution in [1.82, 2.24) is 5.32 Å². The predicted molar refractivity (Wildman–Crippen MR) is 112 cm³/mol. The molecule has 3 aromatic carbocycles. The van der Waals surface area contributed by atoms with E-state index in [4.69, 9.17) is 15.3 Å². The first kappa shape index (κ1) is 20.9. The minimum Gasteiger partial charge on any atom is -0.489 e. The minimum atomic E-state index is -0.431. The van der Waals surface area contributed by atoms with Crippen molar-refractivity contribution in [1.29, 1.82) is 0 Å². The lowest BCUT2D eigenvalue weighted by Gasteiger charge is -2.08. The summed E-state index contributed by atoms with van der Waals surface area (Å²) in [7, 11) is 0. The SMILES string of the molecule is N/C(=N/OCC(=O)NCc1ccccc1F)c1ccc(OCc2ccccc2)cc1. The fourth-order valence-electron chi connectivity index (χ4n) is 2.56. The molecule has 154 valence electrons. The van der Waals surface area contributed by atoms with Crippen molar-refractivity contribution in [3.63, 3.8) is 0 Å². The van der Waals surface area contributed by atoms with Gasteiger partial charge in [-0.15, -0.1) is 0 Å². The van der Waals surface area contributed by atoms with Gasteiger partial charge >= 0.3 is 0 Å². The molecule has 3 N–H and O–H groups in total. The van der Waals surface area contributed by atoms with Crippen LogP contribution < -0.4 is 15.8 Å². The second-order valence-corrected chi connectivity index (χ2v) is 6.42. The average molecular weight is 407 g/mol. The number of amides is 1. The van der Waals surface area contributed by atoms with Gasteiger partial charge in [-0.25, -0.2) is 4.39 Å². The second kappa shape index (κ2) is 10.6.